The van der Waals surface area contributed by atoms with Crippen LogP contribution in [-0.2, 0) is 4.79 Å². The van der Waals surface area contributed by atoms with E-state index in [2.05, 4.69) is 5.32 Å². The third kappa shape index (κ3) is 5.84. The minimum Gasteiger partial charge on any atom is -0.349 e. The highest BCUT2D eigenvalue weighted by molar-refractivity contribution is 5.85. The Kier molecular flexibility index (Phi) is 8.34. The Hall–Kier alpha value is -1.20. The molecule has 1 rings (SSSR count). The number of nitrogens with two attached hydrogens (primary N) is 1. The van der Waals surface area contributed by atoms with E-state index in [0.29, 0.717) is 24.8 Å². The van der Waals surface area contributed by atoms with Gasteiger partial charge >= 0.3 is 0 Å². The van der Waals surface area contributed by atoms with E-state index in [0.717, 1.165) is 6.07 Å². The lowest BCUT2D eigenvalue weighted by Gasteiger charge is -2.18. The first kappa shape index (κ1) is 18.8. The molecule has 0 aliphatic rings. The largest absolute Gasteiger partial charge is 0.349 e. The molecule has 0 fully saturated rings. The monoisotopic (exact) mass is 306 g/mol. The van der Waals surface area contributed by atoms with Crippen molar-refractivity contribution < 1.29 is 13.6 Å². The van der Waals surface area contributed by atoms with E-state index in [1.807, 2.05) is 13.8 Å². The fraction of sp³-hybridized carbons (Fsp3) is 0.500. The van der Waals surface area contributed by atoms with Gasteiger partial charge in [-0.05, 0) is 25.8 Å². The van der Waals surface area contributed by atoms with Crippen molar-refractivity contribution in [2.45, 2.75) is 45.2 Å². The number of hydrogen-bond donors (Lipinski definition) is 2. The molecule has 0 saturated heterocycles. The van der Waals surface area contributed by atoms with Crippen LogP contribution in [0.15, 0.2) is 18.2 Å². The van der Waals surface area contributed by atoms with Gasteiger partial charge in [0.05, 0.1) is 6.04 Å². The zero-order valence-corrected chi connectivity index (χ0v) is 12.5. The van der Waals surface area contributed by atoms with Gasteiger partial charge < -0.3 is 11.1 Å². The second-order valence-corrected chi connectivity index (χ2v) is 4.71. The molecule has 6 heteroatoms. The van der Waals surface area contributed by atoms with Crippen LogP contribution in [0.25, 0.3) is 0 Å². The van der Waals surface area contributed by atoms with Crippen LogP contribution in [0.3, 0.4) is 0 Å². The number of benzene rings is 1. The summed E-state index contributed by atoms with van der Waals surface area (Å²) in [5, 5.41) is 2.74. The molecule has 1 aromatic carbocycles. The van der Waals surface area contributed by atoms with Crippen LogP contribution in [0.4, 0.5) is 8.78 Å². The predicted molar refractivity (Wildman–Crippen MR) is 77.7 cm³/mol. The average molecular weight is 307 g/mol. The predicted octanol–water partition coefficient (Wildman–Crippen LogP) is 3.08. The highest BCUT2D eigenvalue weighted by Crippen LogP contribution is 2.21. The Morgan fingerprint density at radius 1 is 1.40 bits per heavy atom. The van der Waals surface area contributed by atoms with E-state index in [1.54, 1.807) is 0 Å². The maximum absolute atomic E-state index is 13.6. The normalized spacial score (nSPS) is 13.2. The zero-order valence-electron chi connectivity index (χ0n) is 11.7. The molecule has 0 bridgehead atoms. The number of rotatable bonds is 6. The molecule has 0 aliphatic carbocycles. The summed E-state index contributed by atoms with van der Waals surface area (Å²) in [5.41, 5.74) is 5.88. The Balaban J connectivity index is 0.00000361. The Morgan fingerprint density at radius 2 is 2.05 bits per heavy atom. The molecule has 3 N–H and O–H groups in total. The molecular formula is C14H21ClF2N2O. The van der Waals surface area contributed by atoms with Gasteiger partial charge in [0.1, 0.15) is 11.6 Å². The van der Waals surface area contributed by atoms with Gasteiger partial charge in [-0.2, -0.15) is 0 Å². The quantitative estimate of drug-likeness (QED) is 0.848. The highest BCUT2D eigenvalue weighted by atomic mass is 35.5. The van der Waals surface area contributed by atoms with Crippen LogP contribution >= 0.6 is 12.4 Å². The summed E-state index contributed by atoms with van der Waals surface area (Å²) in [6.45, 7) is 3.66. The van der Waals surface area contributed by atoms with Gasteiger partial charge in [-0.3, -0.25) is 4.79 Å². The lowest BCUT2D eigenvalue weighted by atomic mass is 10.0. The van der Waals surface area contributed by atoms with Crippen LogP contribution in [0.2, 0.25) is 0 Å². The highest BCUT2D eigenvalue weighted by Gasteiger charge is 2.17. The fourth-order valence-electron chi connectivity index (χ4n) is 1.81. The van der Waals surface area contributed by atoms with Crippen LogP contribution in [0.5, 0.6) is 0 Å². The topological polar surface area (TPSA) is 55.1 Å². The van der Waals surface area contributed by atoms with Gasteiger partial charge in [0.15, 0.2) is 0 Å². The smallest absolute Gasteiger partial charge is 0.220 e. The molecule has 2 unspecified atom stereocenters. The van der Waals surface area contributed by atoms with Crippen molar-refractivity contribution in [1.82, 2.24) is 5.32 Å². The van der Waals surface area contributed by atoms with E-state index >= 15 is 0 Å². The summed E-state index contributed by atoms with van der Waals surface area (Å²) in [5.74, 6) is -1.44. The average Bonchev–Trinajstić information content (AvgIpc) is 2.34. The molecular weight excluding hydrogens is 286 g/mol. The summed E-state index contributed by atoms with van der Waals surface area (Å²) < 4.78 is 26.5. The number of carbonyl (C=O) groups is 1. The van der Waals surface area contributed by atoms with E-state index in [4.69, 9.17) is 5.73 Å². The molecule has 0 radical (unpaired) electrons. The minimum atomic E-state index is -0.639. The van der Waals surface area contributed by atoms with Crippen molar-refractivity contribution in [3.05, 3.63) is 35.4 Å². The van der Waals surface area contributed by atoms with E-state index < -0.39 is 17.7 Å². The van der Waals surface area contributed by atoms with Crippen molar-refractivity contribution in [3.63, 3.8) is 0 Å². The molecule has 1 aromatic rings. The third-order valence-electron chi connectivity index (χ3n) is 2.91. The summed E-state index contributed by atoms with van der Waals surface area (Å²) in [6, 6.07) is 2.89. The van der Waals surface area contributed by atoms with Gasteiger partial charge in [0.2, 0.25) is 5.91 Å². The second-order valence-electron chi connectivity index (χ2n) is 4.71. The summed E-state index contributed by atoms with van der Waals surface area (Å²) in [4.78, 5) is 11.7. The zero-order chi connectivity index (χ0) is 14.4. The number of carbonyl (C=O) groups excluding carboxylic acids is 1. The van der Waals surface area contributed by atoms with Gasteiger partial charge in [0.25, 0.3) is 0 Å². The van der Waals surface area contributed by atoms with Crippen molar-refractivity contribution in [2.75, 3.05) is 0 Å². The molecule has 20 heavy (non-hydrogen) atoms. The van der Waals surface area contributed by atoms with Crippen LogP contribution in [0.1, 0.15) is 44.7 Å². The first-order valence-electron chi connectivity index (χ1n) is 6.44. The first-order chi connectivity index (χ1) is 8.93. The Bertz CT molecular complexity index is 441. The van der Waals surface area contributed by atoms with E-state index in [1.165, 1.54) is 12.1 Å². The summed E-state index contributed by atoms with van der Waals surface area (Å²) in [7, 11) is 0. The van der Waals surface area contributed by atoms with E-state index in [9.17, 15) is 13.6 Å². The summed E-state index contributed by atoms with van der Waals surface area (Å²) >= 11 is 0. The van der Waals surface area contributed by atoms with Crippen molar-refractivity contribution in [1.29, 1.82) is 0 Å². The molecule has 114 valence electrons. The minimum absolute atomic E-state index is 0. The first-order valence-corrected chi connectivity index (χ1v) is 6.44. The summed E-state index contributed by atoms with van der Waals surface area (Å²) in [6.07, 6.45) is 1.41. The molecule has 0 heterocycles. The standard InChI is InChI=1S/C14H20F2N2O.ClH/c1-3-13(18-14(19)7-4-9(2)17)11-6-5-10(15)8-12(11)16;/h5-6,8-9,13H,3-4,7,17H2,1-2H3,(H,18,19);1H. The lowest BCUT2D eigenvalue weighted by molar-refractivity contribution is -0.122. The number of nitrogens with one attached hydrogen (secondary N) is 1. The molecule has 0 aliphatic heterocycles. The van der Waals surface area contributed by atoms with E-state index in [-0.39, 0.29) is 24.4 Å². The van der Waals surface area contributed by atoms with Crippen molar-refractivity contribution in [2.24, 2.45) is 5.73 Å². The van der Waals surface area contributed by atoms with Crippen molar-refractivity contribution >= 4 is 18.3 Å². The third-order valence-corrected chi connectivity index (χ3v) is 2.91. The van der Waals surface area contributed by atoms with Crippen LogP contribution in [-0.4, -0.2) is 11.9 Å². The lowest BCUT2D eigenvalue weighted by Crippen LogP contribution is -2.30. The second kappa shape index (κ2) is 8.87. The SMILES string of the molecule is CCC(NC(=O)CCC(C)N)c1ccc(F)cc1F.Cl. The molecule has 2 atom stereocenters. The van der Waals surface area contributed by atoms with Gasteiger partial charge in [-0.15, -0.1) is 12.4 Å². The van der Waals surface area contributed by atoms with Crippen molar-refractivity contribution in [3.8, 4) is 0 Å². The molecule has 0 aromatic heterocycles. The number of hydrogen-bond acceptors (Lipinski definition) is 2. The maximum atomic E-state index is 13.6. The molecule has 0 saturated carbocycles. The molecule has 1 amide bonds. The van der Waals surface area contributed by atoms with Crippen LogP contribution < -0.4 is 11.1 Å². The number of amides is 1. The van der Waals surface area contributed by atoms with Gasteiger partial charge in [-0.1, -0.05) is 13.0 Å². The molecule has 3 nitrogen and oxygen atoms in total. The number of halogens is 3. The van der Waals surface area contributed by atoms with Crippen LogP contribution in [0, 0.1) is 11.6 Å². The Morgan fingerprint density at radius 3 is 2.55 bits per heavy atom. The Labute approximate surface area is 124 Å². The van der Waals surface area contributed by atoms with Gasteiger partial charge in [0, 0.05) is 24.1 Å². The fourth-order valence-corrected chi connectivity index (χ4v) is 1.81. The van der Waals surface area contributed by atoms with Gasteiger partial charge in [-0.25, -0.2) is 8.78 Å². The maximum Gasteiger partial charge on any atom is 0.220 e. The molecule has 0 spiro atoms.